The van der Waals surface area contributed by atoms with Crippen LogP contribution in [0.2, 0.25) is 0 Å². The number of nitrogens with zero attached hydrogens (tertiary/aromatic N) is 2. The fraction of sp³-hybridized carbons (Fsp3) is 0.700. The number of aryl methyl sites for hydroxylation is 2. The molecule has 0 amide bonds. The highest BCUT2D eigenvalue weighted by atomic mass is 15.3. The van der Waals surface area contributed by atoms with Crippen LogP contribution in [0.1, 0.15) is 39.0 Å². The summed E-state index contributed by atoms with van der Waals surface area (Å²) in [6.45, 7) is 8.78. The summed E-state index contributed by atoms with van der Waals surface area (Å²) in [7, 11) is 1.98. The Morgan fingerprint density at radius 2 is 2.00 bits per heavy atom. The molecule has 0 aliphatic rings. The molecule has 0 unspecified atom stereocenters. The summed E-state index contributed by atoms with van der Waals surface area (Å²) in [4.78, 5) is 0. The van der Waals surface area contributed by atoms with Crippen molar-refractivity contribution in [1.29, 1.82) is 0 Å². The van der Waals surface area contributed by atoms with Gasteiger partial charge in [-0.15, -0.1) is 0 Å². The minimum absolute atomic E-state index is 0.173. The summed E-state index contributed by atoms with van der Waals surface area (Å²) in [5, 5.41) is 4.47. The van der Waals surface area contributed by atoms with E-state index in [0.29, 0.717) is 0 Å². The van der Waals surface area contributed by atoms with E-state index in [1.807, 2.05) is 11.7 Å². The maximum atomic E-state index is 4.47. The van der Waals surface area contributed by atoms with Gasteiger partial charge in [-0.05, 0) is 12.0 Å². The first-order chi connectivity index (χ1) is 5.45. The molecule has 1 aromatic rings. The predicted octanol–water partition coefficient (Wildman–Crippen LogP) is 2.28. The van der Waals surface area contributed by atoms with Crippen LogP contribution in [0, 0.1) is 0 Å². The topological polar surface area (TPSA) is 17.8 Å². The zero-order chi connectivity index (χ0) is 9.35. The standard InChI is InChI=1S/C10H18N2/c1-6-8-7-12(5)11-9(8)10(2,3)4/h7H,6H2,1-5H3. The Balaban J connectivity index is 3.13. The number of hydrogen-bond acceptors (Lipinski definition) is 1. The van der Waals surface area contributed by atoms with Crippen molar-refractivity contribution in [3.63, 3.8) is 0 Å². The molecule has 0 fully saturated rings. The van der Waals surface area contributed by atoms with Crippen LogP contribution in [0.3, 0.4) is 0 Å². The van der Waals surface area contributed by atoms with E-state index in [4.69, 9.17) is 0 Å². The van der Waals surface area contributed by atoms with Crippen LogP contribution < -0.4 is 0 Å². The van der Waals surface area contributed by atoms with Crippen molar-refractivity contribution in [3.05, 3.63) is 17.5 Å². The first-order valence-electron chi connectivity index (χ1n) is 4.48. The highest BCUT2D eigenvalue weighted by molar-refractivity contribution is 5.23. The van der Waals surface area contributed by atoms with Crippen LogP contribution in [-0.2, 0) is 18.9 Å². The van der Waals surface area contributed by atoms with Gasteiger partial charge in [0.2, 0.25) is 0 Å². The molecule has 0 aromatic carbocycles. The van der Waals surface area contributed by atoms with E-state index in [2.05, 4.69) is 39.0 Å². The Hall–Kier alpha value is -0.790. The fourth-order valence-electron chi connectivity index (χ4n) is 1.43. The number of aromatic nitrogens is 2. The minimum Gasteiger partial charge on any atom is -0.275 e. The molecule has 0 aliphatic carbocycles. The molecule has 0 atom stereocenters. The monoisotopic (exact) mass is 166 g/mol. The van der Waals surface area contributed by atoms with Crippen molar-refractivity contribution in [3.8, 4) is 0 Å². The van der Waals surface area contributed by atoms with Gasteiger partial charge < -0.3 is 0 Å². The number of rotatable bonds is 1. The lowest BCUT2D eigenvalue weighted by Gasteiger charge is -2.16. The van der Waals surface area contributed by atoms with Crippen molar-refractivity contribution in [2.24, 2.45) is 7.05 Å². The molecule has 1 heterocycles. The first kappa shape index (κ1) is 9.30. The second-order valence-corrected chi connectivity index (χ2v) is 4.28. The van der Waals surface area contributed by atoms with Crippen LogP contribution in [0.25, 0.3) is 0 Å². The molecule has 0 bridgehead atoms. The van der Waals surface area contributed by atoms with Crippen molar-refractivity contribution in [1.82, 2.24) is 9.78 Å². The zero-order valence-electron chi connectivity index (χ0n) is 8.68. The molecular formula is C10H18N2. The highest BCUT2D eigenvalue weighted by Gasteiger charge is 2.20. The number of hydrogen-bond donors (Lipinski definition) is 0. The highest BCUT2D eigenvalue weighted by Crippen LogP contribution is 2.24. The van der Waals surface area contributed by atoms with E-state index in [0.717, 1.165) is 6.42 Å². The van der Waals surface area contributed by atoms with Crippen molar-refractivity contribution >= 4 is 0 Å². The minimum atomic E-state index is 0.173. The SMILES string of the molecule is CCc1cn(C)nc1C(C)(C)C. The van der Waals surface area contributed by atoms with Gasteiger partial charge in [0.05, 0.1) is 5.69 Å². The zero-order valence-corrected chi connectivity index (χ0v) is 8.68. The van der Waals surface area contributed by atoms with Gasteiger partial charge in [0, 0.05) is 18.7 Å². The van der Waals surface area contributed by atoms with Gasteiger partial charge in [0.1, 0.15) is 0 Å². The third-order valence-electron chi connectivity index (χ3n) is 2.00. The Kier molecular flexibility index (Phi) is 2.27. The maximum absolute atomic E-state index is 4.47. The van der Waals surface area contributed by atoms with E-state index in [9.17, 15) is 0 Å². The summed E-state index contributed by atoms with van der Waals surface area (Å²) in [6.07, 6.45) is 3.18. The lowest BCUT2D eigenvalue weighted by Crippen LogP contribution is -2.14. The van der Waals surface area contributed by atoms with Crippen molar-refractivity contribution in [2.45, 2.75) is 39.5 Å². The van der Waals surface area contributed by atoms with E-state index >= 15 is 0 Å². The van der Waals surface area contributed by atoms with Gasteiger partial charge in [-0.3, -0.25) is 4.68 Å². The summed E-state index contributed by atoms with van der Waals surface area (Å²) < 4.78 is 1.90. The molecule has 0 radical (unpaired) electrons. The predicted molar refractivity (Wildman–Crippen MR) is 51.3 cm³/mol. The van der Waals surface area contributed by atoms with Crippen LogP contribution in [0.5, 0.6) is 0 Å². The van der Waals surface area contributed by atoms with E-state index in [1.165, 1.54) is 11.3 Å². The van der Waals surface area contributed by atoms with Crippen molar-refractivity contribution < 1.29 is 0 Å². The molecule has 0 aliphatic heterocycles. The molecular weight excluding hydrogens is 148 g/mol. The fourth-order valence-corrected chi connectivity index (χ4v) is 1.43. The summed E-state index contributed by atoms with van der Waals surface area (Å²) >= 11 is 0. The smallest absolute Gasteiger partial charge is 0.0709 e. The van der Waals surface area contributed by atoms with Gasteiger partial charge in [-0.25, -0.2) is 0 Å². The van der Waals surface area contributed by atoms with Crippen molar-refractivity contribution in [2.75, 3.05) is 0 Å². The summed E-state index contributed by atoms with van der Waals surface area (Å²) in [5.74, 6) is 0. The summed E-state index contributed by atoms with van der Waals surface area (Å²) in [6, 6.07) is 0. The molecule has 0 spiro atoms. The van der Waals surface area contributed by atoms with E-state index in [-0.39, 0.29) is 5.41 Å². The van der Waals surface area contributed by atoms with Crippen LogP contribution in [-0.4, -0.2) is 9.78 Å². The van der Waals surface area contributed by atoms with Crippen LogP contribution in [0.4, 0.5) is 0 Å². The first-order valence-corrected chi connectivity index (χ1v) is 4.48. The molecule has 0 saturated heterocycles. The Morgan fingerprint density at radius 3 is 2.33 bits per heavy atom. The second kappa shape index (κ2) is 2.92. The Bertz CT molecular complexity index is 266. The Morgan fingerprint density at radius 1 is 1.42 bits per heavy atom. The molecule has 2 heteroatoms. The Labute approximate surface area is 74.6 Å². The molecule has 0 saturated carbocycles. The normalized spacial score (nSPS) is 12.1. The third kappa shape index (κ3) is 1.68. The third-order valence-corrected chi connectivity index (χ3v) is 2.00. The van der Waals surface area contributed by atoms with Gasteiger partial charge in [-0.2, -0.15) is 5.10 Å². The average molecular weight is 166 g/mol. The second-order valence-electron chi connectivity index (χ2n) is 4.28. The molecule has 1 aromatic heterocycles. The molecule has 1 rings (SSSR count). The largest absolute Gasteiger partial charge is 0.275 e. The molecule has 0 N–H and O–H groups in total. The lowest BCUT2D eigenvalue weighted by molar-refractivity contribution is 0.548. The molecule has 12 heavy (non-hydrogen) atoms. The average Bonchev–Trinajstić information content (AvgIpc) is 2.29. The van der Waals surface area contributed by atoms with Crippen LogP contribution >= 0.6 is 0 Å². The van der Waals surface area contributed by atoms with Crippen LogP contribution in [0.15, 0.2) is 6.20 Å². The van der Waals surface area contributed by atoms with Gasteiger partial charge in [-0.1, -0.05) is 27.7 Å². The van der Waals surface area contributed by atoms with E-state index < -0.39 is 0 Å². The maximum Gasteiger partial charge on any atom is 0.0709 e. The molecule has 2 nitrogen and oxygen atoms in total. The quantitative estimate of drug-likeness (QED) is 0.626. The summed E-state index contributed by atoms with van der Waals surface area (Å²) in [5.41, 5.74) is 2.77. The molecule has 68 valence electrons. The van der Waals surface area contributed by atoms with Gasteiger partial charge >= 0.3 is 0 Å². The van der Waals surface area contributed by atoms with E-state index in [1.54, 1.807) is 0 Å². The van der Waals surface area contributed by atoms with Gasteiger partial charge in [0.25, 0.3) is 0 Å². The van der Waals surface area contributed by atoms with Gasteiger partial charge in [0.15, 0.2) is 0 Å². The lowest BCUT2D eigenvalue weighted by atomic mass is 9.89.